The van der Waals surface area contributed by atoms with Crippen LogP contribution in [0.2, 0.25) is 0 Å². The summed E-state index contributed by atoms with van der Waals surface area (Å²) in [6, 6.07) is 4.32. The van der Waals surface area contributed by atoms with Gasteiger partial charge in [-0.3, -0.25) is 0 Å². The molecular formula is C15H26N2O2. The Morgan fingerprint density at radius 3 is 2.47 bits per heavy atom. The van der Waals surface area contributed by atoms with Crippen LogP contribution in [0.15, 0.2) is 12.1 Å². The molecule has 0 aliphatic rings. The molecule has 1 unspecified atom stereocenters. The Hall–Kier alpha value is -1.26. The fraction of sp³-hybridized carbons (Fsp3) is 0.600. The minimum Gasteiger partial charge on any atom is -0.496 e. The van der Waals surface area contributed by atoms with E-state index in [4.69, 9.17) is 15.2 Å². The van der Waals surface area contributed by atoms with Gasteiger partial charge in [0.25, 0.3) is 0 Å². The van der Waals surface area contributed by atoms with E-state index in [0.29, 0.717) is 0 Å². The second-order valence-electron chi connectivity index (χ2n) is 4.93. The number of nitrogens with one attached hydrogen (secondary N) is 1. The minimum atomic E-state index is 0.274. The third-order valence-electron chi connectivity index (χ3n) is 3.13. The van der Waals surface area contributed by atoms with Crippen molar-refractivity contribution in [3.8, 4) is 11.5 Å². The molecule has 19 heavy (non-hydrogen) atoms. The van der Waals surface area contributed by atoms with Crippen LogP contribution in [-0.2, 0) is 6.54 Å². The monoisotopic (exact) mass is 266 g/mol. The fourth-order valence-electron chi connectivity index (χ4n) is 2.02. The van der Waals surface area contributed by atoms with Gasteiger partial charge in [-0.05, 0) is 50.9 Å². The molecule has 1 aromatic carbocycles. The lowest BCUT2D eigenvalue weighted by Crippen LogP contribution is -2.20. The predicted octanol–water partition coefficient (Wildman–Crippen LogP) is 2.23. The van der Waals surface area contributed by atoms with Crippen LogP contribution < -0.4 is 20.5 Å². The number of ether oxygens (including phenoxy) is 2. The number of rotatable bonds is 8. The largest absolute Gasteiger partial charge is 0.496 e. The van der Waals surface area contributed by atoms with Gasteiger partial charge in [-0.2, -0.15) is 0 Å². The Bertz CT molecular complexity index is 392. The summed E-state index contributed by atoms with van der Waals surface area (Å²) in [7, 11) is 3.38. The summed E-state index contributed by atoms with van der Waals surface area (Å²) in [5.74, 6) is 1.80. The van der Waals surface area contributed by atoms with Crippen molar-refractivity contribution in [3.63, 3.8) is 0 Å². The number of methoxy groups -OCH3 is 2. The van der Waals surface area contributed by atoms with Crippen LogP contribution in [0.5, 0.6) is 11.5 Å². The van der Waals surface area contributed by atoms with Crippen molar-refractivity contribution in [2.24, 2.45) is 5.73 Å². The number of aryl methyl sites for hydroxylation is 1. The van der Waals surface area contributed by atoms with Gasteiger partial charge in [0.1, 0.15) is 11.5 Å². The Kier molecular flexibility index (Phi) is 6.67. The predicted molar refractivity (Wildman–Crippen MR) is 78.9 cm³/mol. The average molecular weight is 266 g/mol. The average Bonchev–Trinajstić information content (AvgIpc) is 2.38. The first-order valence-corrected chi connectivity index (χ1v) is 6.76. The fourth-order valence-corrected chi connectivity index (χ4v) is 2.02. The van der Waals surface area contributed by atoms with Crippen LogP contribution in [0.3, 0.4) is 0 Å². The van der Waals surface area contributed by atoms with Crippen molar-refractivity contribution in [1.82, 2.24) is 5.32 Å². The van der Waals surface area contributed by atoms with Gasteiger partial charge < -0.3 is 20.5 Å². The second-order valence-corrected chi connectivity index (χ2v) is 4.93. The molecule has 0 saturated carbocycles. The SMILES string of the molecule is COc1cc(CNCCCC(C)N)c(OC)cc1C. The molecule has 0 spiro atoms. The molecule has 1 rings (SSSR count). The van der Waals surface area contributed by atoms with Crippen LogP contribution in [0.1, 0.15) is 30.9 Å². The van der Waals surface area contributed by atoms with Gasteiger partial charge in [0.05, 0.1) is 14.2 Å². The third kappa shape index (κ3) is 5.09. The first-order valence-electron chi connectivity index (χ1n) is 6.76. The van der Waals surface area contributed by atoms with Gasteiger partial charge in [-0.25, -0.2) is 0 Å². The molecule has 0 aromatic heterocycles. The first kappa shape index (κ1) is 15.8. The molecule has 0 radical (unpaired) electrons. The zero-order valence-electron chi connectivity index (χ0n) is 12.5. The minimum absolute atomic E-state index is 0.274. The van der Waals surface area contributed by atoms with E-state index in [1.807, 2.05) is 26.0 Å². The third-order valence-corrected chi connectivity index (χ3v) is 3.13. The van der Waals surface area contributed by atoms with Gasteiger partial charge in [-0.15, -0.1) is 0 Å². The van der Waals surface area contributed by atoms with Crippen molar-refractivity contribution >= 4 is 0 Å². The first-order chi connectivity index (χ1) is 9.08. The lowest BCUT2D eigenvalue weighted by molar-refractivity contribution is 0.394. The van der Waals surface area contributed by atoms with E-state index in [0.717, 1.165) is 48.6 Å². The number of hydrogen-bond acceptors (Lipinski definition) is 4. The van der Waals surface area contributed by atoms with Gasteiger partial charge in [0, 0.05) is 18.2 Å². The van der Waals surface area contributed by atoms with Gasteiger partial charge >= 0.3 is 0 Å². The molecule has 1 aromatic rings. The van der Waals surface area contributed by atoms with E-state index in [2.05, 4.69) is 5.32 Å². The Morgan fingerprint density at radius 1 is 1.21 bits per heavy atom. The van der Waals surface area contributed by atoms with E-state index in [9.17, 15) is 0 Å². The maximum absolute atomic E-state index is 5.72. The molecule has 0 heterocycles. The van der Waals surface area contributed by atoms with Crippen molar-refractivity contribution < 1.29 is 9.47 Å². The molecule has 4 heteroatoms. The molecule has 1 atom stereocenters. The van der Waals surface area contributed by atoms with Crippen LogP contribution in [0, 0.1) is 6.92 Å². The summed E-state index contributed by atoms with van der Waals surface area (Å²) in [5.41, 5.74) is 7.92. The van der Waals surface area contributed by atoms with E-state index in [-0.39, 0.29) is 6.04 Å². The normalized spacial score (nSPS) is 12.3. The summed E-state index contributed by atoms with van der Waals surface area (Å²) in [4.78, 5) is 0. The lowest BCUT2D eigenvalue weighted by atomic mass is 10.1. The van der Waals surface area contributed by atoms with E-state index >= 15 is 0 Å². The molecule has 0 fully saturated rings. The molecule has 0 amide bonds. The summed E-state index contributed by atoms with van der Waals surface area (Å²) >= 11 is 0. The summed E-state index contributed by atoms with van der Waals surface area (Å²) in [6.07, 6.45) is 2.13. The molecule has 0 aliphatic carbocycles. The highest BCUT2D eigenvalue weighted by molar-refractivity contribution is 5.45. The van der Waals surface area contributed by atoms with Crippen molar-refractivity contribution in [3.05, 3.63) is 23.3 Å². The number of benzene rings is 1. The Balaban J connectivity index is 2.56. The molecule has 4 nitrogen and oxygen atoms in total. The molecule has 0 saturated heterocycles. The highest BCUT2D eigenvalue weighted by Crippen LogP contribution is 2.28. The molecular weight excluding hydrogens is 240 g/mol. The van der Waals surface area contributed by atoms with Gasteiger partial charge in [-0.1, -0.05) is 0 Å². The standard InChI is InChI=1S/C15H26N2O2/c1-11-8-15(19-4)13(9-14(11)18-3)10-17-7-5-6-12(2)16/h8-9,12,17H,5-7,10,16H2,1-4H3. The van der Waals surface area contributed by atoms with Crippen molar-refractivity contribution in [2.45, 2.75) is 39.3 Å². The highest BCUT2D eigenvalue weighted by atomic mass is 16.5. The summed E-state index contributed by atoms with van der Waals surface area (Å²) in [5, 5.41) is 3.41. The lowest BCUT2D eigenvalue weighted by Gasteiger charge is -2.14. The van der Waals surface area contributed by atoms with E-state index < -0.39 is 0 Å². The smallest absolute Gasteiger partial charge is 0.123 e. The molecule has 3 N–H and O–H groups in total. The molecule has 108 valence electrons. The van der Waals surface area contributed by atoms with Crippen molar-refractivity contribution in [1.29, 1.82) is 0 Å². The topological polar surface area (TPSA) is 56.5 Å². The quantitative estimate of drug-likeness (QED) is 0.708. The zero-order valence-corrected chi connectivity index (χ0v) is 12.5. The summed E-state index contributed by atoms with van der Waals surface area (Å²) < 4.78 is 10.7. The highest BCUT2D eigenvalue weighted by Gasteiger charge is 2.08. The zero-order chi connectivity index (χ0) is 14.3. The van der Waals surface area contributed by atoms with Crippen LogP contribution in [-0.4, -0.2) is 26.8 Å². The van der Waals surface area contributed by atoms with Crippen molar-refractivity contribution in [2.75, 3.05) is 20.8 Å². The number of hydrogen-bond donors (Lipinski definition) is 2. The molecule has 0 bridgehead atoms. The van der Waals surface area contributed by atoms with Crippen LogP contribution in [0.25, 0.3) is 0 Å². The number of nitrogens with two attached hydrogens (primary N) is 1. The van der Waals surface area contributed by atoms with E-state index in [1.54, 1.807) is 14.2 Å². The Labute approximate surface area is 116 Å². The van der Waals surface area contributed by atoms with E-state index in [1.165, 1.54) is 0 Å². The van der Waals surface area contributed by atoms with Crippen LogP contribution >= 0.6 is 0 Å². The molecule has 0 aliphatic heterocycles. The second kappa shape index (κ2) is 8.02. The maximum Gasteiger partial charge on any atom is 0.123 e. The summed E-state index contributed by atoms with van der Waals surface area (Å²) in [6.45, 7) is 5.79. The van der Waals surface area contributed by atoms with Gasteiger partial charge in [0.15, 0.2) is 0 Å². The maximum atomic E-state index is 5.72. The van der Waals surface area contributed by atoms with Crippen LogP contribution in [0.4, 0.5) is 0 Å². The Morgan fingerprint density at radius 2 is 1.89 bits per heavy atom. The van der Waals surface area contributed by atoms with Gasteiger partial charge in [0.2, 0.25) is 0 Å².